The number of H-pyrrole nitrogens is 1. The van der Waals surface area contributed by atoms with Crippen LogP contribution in [-0.4, -0.2) is 45.2 Å². The van der Waals surface area contributed by atoms with Gasteiger partial charge in [0, 0.05) is 19.5 Å². The third kappa shape index (κ3) is 3.58. The van der Waals surface area contributed by atoms with Crippen LogP contribution < -0.4 is 0 Å². The van der Waals surface area contributed by atoms with Gasteiger partial charge < -0.3 is 9.64 Å². The second-order valence-corrected chi connectivity index (χ2v) is 7.05. The minimum Gasteiger partial charge on any atom is -0.365 e. The molecule has 3 heterocycles. The number of aryl methyl sites for hydroxylation is 2. The number of carbonyl (C=O) groups excluding carboxylic acids is 1. The zero-order valence-corrected chi connectivity index (χ0v) is 14.5. The summed E-state index contributed by atoms with van der Waals surface area (Å²) >= 11 is 0. The number of aromatic amines is 1. The molecule has 3 atom stereocenters. The molecule has 2 aliphatic heterocycles. The van der Waals surface area contributed by atoms with E-state index in [0.717, 1.165) is 37.5 Å². The Bertz CT molecular complexity index is 730. The molecule has 0 radical (unpaired) electrons. The molecule has 1 aromatic carbocycles. The van der Waals surface area contributed by atoms with Crippen LogP contribution in [0.25, 0.3) is 0 Å². The highest BCUT2D eigenvalue weighted by Gasteiger charge is 2.41. The molecular weight excluding hydrogens is 316 g/mol. The minimum absolute atomic E-state index is 0.0423. The highest BCUT2D eigenvalue weighted by atomic mass is 16.5. The Hall–Kier alpha value is -2.21. The van der Waals surface area contributed by atoms with Crippen LogP contribution in [0.3, 0.4) is 0 Å². The smallest absolute Gasteiger partial charge is 0.222 e. The second-order valence-electron chi connectivity index (χ2n) is 7.05. The summed E-state index contributed by atoms with van der Waals surface area (Å²) in [5, 5.41) is 7.11. The highest BCUT2D eigenvalue weighted by Crippen LogP contribution is 2.39. The Balaban J connectivity index is 1.32. The van der Waals surface area contributed by atoms with Gasteiger partial charge in [-0.25, -0.2) is 4.98 Å². The summed E-state index contributed by atoms with van der Waals surface area (Å²) < 4.78 is 6.17. The van der Waals surface area contributed by atoms with E-state index < -0.39 is 0 Å². The van der Waals surface area contributed by atoms with Gasteiger partial charge in [0.25, 0.3) is 0 Å². The molecule has 2 aromatic rings. The molecule has 6 nitrogen and oxygen atoms in total. The molecule has 0 spiro atoms. The summed E-state index contributed by atoms with van der Waals surface area (Å²) in [5.74, 6) is 2.28. The van der Waals surface area contributed by atoms with E-state index in [1.54, 1.807) is 0 Å². The predicted octanol–water partition coefficient (Wildman–Crippen LogP) is 2.42. The van der Waals surface area contributed by atoms with Crippen molar-refractivity contribution in [3.8, 4) is 0 Å². The molecule has 0 aliphatic carbocycles. The van der Waals surface area contributed by atoms with Crippen molar-refractivity contribution in [2.75, 3.05) is 13.1 Å². The molecule has 1 aromatic heterocycles. The van der Waals surface area contributed by atoms with E-state index >= 15 is 0 Å². The Labute approximate surface area is 147 Å². The molecule has 2 aliphatic rings. The summed E-state index contributed by atoms with van der Waals surface area (Å²) in [6.07, 6.45) is 3.38. The third-order valence-electron chi connectivity index (χ3n) is 5.28. The van der Waals surface area contributed by atoms with Crippen molar-refractivity contribution in [2.45, 2.75) is 44.8 Å². The molecule has 4 rings (SSSR count). The van der Waals surface area contributed by atoms with E-state index in [9.17, 15) is 4.79 Å². The molecule has 2 saturated heterocycles. The van der Waals surface area contributed by atoms with Gasteiger partial charge in [0.05, 0.1) is 6.10 Å². The van der Waals surface area contributed by atoms with Gasteiger partial charge in [-0.3, -0.25) is 9.89 Å². The third-order valence-corrected chi connectivity index (χ3v) is 5.28. The van der Waals surface area contributed by atoms with Gasteiger partial charge >= 0.3 is 0 Å². The number of rotatable bonds is 4. The average molecular weight is 340 g/mol. The van der Waals surface area contributed by atoms with Crippen LogP contribution in [0.4, 0.5) is 0 Å². The van der Waals surface area contributed by atoms with Crippen LogP contribution in [0.5, 0.6) is 0 Å². The van der Waals surface area contributed by atoms with Crippen molar-refractivity contribution < 1.29 is 9.53 Å². The molecule has 0 unspecified atom stereocenters. The summed E-state index contributed by atoms with van der Waals surface area (Å²) in [6.45, 7) is 3.42. The summed E-state index contributed by atoms with van der Waals surface area (Å²) in [4.78, 5) is 18.9. The first-order valence-electron chi connectivity index (χ1n) is 9.05. The van der Waals surface area contributed by atoms with Gasteiger partial charge in [0.15, 0.2) is 5.82 Å². The number of hydrogen-bond donors (Lipinski definition) is 1. The molecule has 1 N–H and O–H groups in total. The SMILES string of the molecule is Cc1nc([C@@H]2C[C@H]3CCN(C(=O)CCc4ccccc4)C[C@@H]3O2)n[nH]1. The minimum atomic E-state index is -0.0423. The maximum atomic E-state index is 12.6. The molecule has 6 heteroatoms. The zero-order valence-electron chi connectivity index (χ0n) is 14.5. The molecular formula is C19H24N4O2. The van der Waals surface area contributed by atoms with Gasteiger partial charge in [-0.05, 0) is 37.7 Å². The number of benzene rings is 1. The summed E-state index contributed by atoms with van der Waals surface area (Å²) in [6, 6.07) is 10.2. The highest BCUT2D eigenvalue weighted by molar-refractivity contribution is 5.76. The van der Waals surface area contributed by atoms with Gasteiger partial charge in [-0.1, -0.05) is 30.3 Å². The van der Waals surface area contributed by atoms with E-state index in [1.165, 1.54) is 5.56 Å². The number of nitrogens with zero attached hydrogens (tertiary/aromatic N) is 3. The van der Waals surface area contributed by atoms with Crippen molar-refractivity contribution in [3.05, 3.63) is 47.5 Å². The monoisotopic (exact) mass is 340 g/mol. The van der Waals surface area contributed by atoms with E-state index in [4.69, 9.17) is 4.74 Å². The van der Waals surface area contributed by atoms with Crippen LogP contribution in [-0.2, 0) is 16.0 Å². The largest absolute Gasteiger partial charge is 0.365 e. The van der Waals surface area contributed by atoms with Crippen LogP contribution in [0.1, 0.15) is 42.6 Å². The van der Waals surface area contributed by atoms with Gasteiger partial charge in [-0.2, -0.15) is 5.10 Å². The Morgan fingerprint density at radius 2 is 2.20 bits per heavy atom. The van der Waals surface area contributed by atoms with E-state index in [2.05, 4.69) is 27.3 Å². The number of aromatic nitrogens is 3. The number of ether oxygens (including phenoxy) is 1. The lowest BCUT2D eigenvalue weighted by Gasteiger charge is -2.34. The standard InChI is InChI=1S/C19H24N4O2/c1-13-20-19(22-21-13)16-11-15-9-10-23(12-17(15)25-16)18(24)8-7-14-5-3-2-4-6-14/h2-6,15-17H,7-12H2,1H3,(H,20,21,22)/t15-,16+,17+/m1/s1. The lowest BCUT2D eigenvalue weighted by molar-refractivity contribution is -0.135. The topological polar surface area (TPSA) is 71.1 Å². The van der Waals surface area contributed by atoms with Crippen molar-refractivity contribution >= 4 is 5.91 Å². The molecule has 2 fully saturated rings. The molecule has 132 valence electrons. The average Bonchev–Trinajstić information content (AvgIpc) is 3.25. The normalized spacial score (nSPS) is 25.8. The number of fused-ring (bicyclic) bond motifs is 1. The first-order valence-corrected chi connectivity index (χ1v) is 9.05. The fourth-order valence-corrected chi connectivity index (χ4v) is 3.88. The van der Waals surface area contributed by atoms with Crippen molar-refractivity contribution in [1.29, 1.82) is 0 Å². The first kappa shape index (κ1) is 16.3. The van der Waals surface area contributed by atoms with Crippen molar-refractivity contribution in [1.82, 2.24) is 20.1 Å². The lowest BCUT2D eigenvalue weighted by atomic mass is 9.91. The molecule has 1 amide bonds. The quantitative estimate of drug-likeness (QED) is 0.928. The molecule has 25 heavy (non-hydrogen) atoms. The number of hydrogen-bond acceptors (Lipinski definition) is 4. The van der Waals surface area contributed by atoms with Crippen LogP contribution in [0.15, 0.2) is 30.3 Å². The lowest BCUT2D eigenvalue weighted by Crippen LogP contribution is -2.45. The molecule has 0 saturated carbocycles. The number of likely N-dealkylation sites (tertiary alicyclic amines) is 1. The number of carbonyl (C=O) groups is 1. The Kier molecular flexibility index (Phi) is 4.53. The van der Waals surface area contributed by atoms with Gasteiger partial charge in [-0.15, -0.1) is 0 Å². The van der Waals surface area contributed by atoms with Gasteiger partial charge in [0.2, 0.25) is 5.91 Å². The van der Waals surface area contributed by atoms with Crippen molar-refractivity contribution in [3.63, 3.8) is 0 Å². The number of piperidine rings is 1. The Morgan fingerprint density at radius 3 is 2.96 bits per heavy atom. The fraction of sp³-hybridized carbons (Fsp3) is 0.526. The van der Waals surface area contributed by atoms with Crippen LogP contribution in [0, 0.1) is 12.8 Å². The fourth-order valence-electron chi connectivity index (χ4n) is 3.88. The maximum absolute atomic E-state index is 12.6. The second kappa shape index (κ2) is 6.96. The van der Waals surface area contributed by atoms with E-state index in [0.29, 0.717) is 18.9 Å². The summed E-state index contributed by atoms with van der Waals surface area (Å²) in [5.41, 5.74) is 1.21. The zero-order chi connectivity index (χ0) is 17.2. The maximum Gasteiger partial charge on any atom is 0.222 e. The van der Waals surface area contributed by atoms with E-state index in [1.807, 2.05) is 30.0 Å². The van der Waals surface area contributed by atoms with E-state index in [-0.39, 0.29) is 18.1 Å². The van der Waals surface area contributed by atoms with Gasteiger partial charge in [0.1, 0.15) is 11.9 Å². The van der Waals surface area contributed by atoms with Crippen molar-refractivity contribution in [2.24, 2.45) is 5.92 Å². The predicted molar refractivity (Wildman–Crippen MR) is 92.8 cm³/mol. The Morgan fingerprint density at radius 1 is 1.36 bits per heavy atom. The number of amides is 1. The van der Waals surface area contributed by atoms with Crippen LogP contribution >= 0.6 is 0 Å². The summed E-state index contributed by atoms with van der Waals surface area (Å²) in [7, 11) is 0. The first-order chi connectivity index (χ1) is 12.2. The molecule has 0 bridgehead atoms. The number of nitrogens with one attached hydrogen (secondary N) is 1. The van der Waals surface area contributed by atoms with Crippen LogP contribution in [0.2, 0.25) is 0 Å².